The highest BCUT2D eigenvalue weighted by Gasteiger charge is 2.04. The molecule has 0 aliphatic rings. The van der Waals surface area contributed by atoms with Crippen molar-refractivity contribution >= 4 is 0 Å². The molecule has 0 spiro atoms. The second kappa shape index (κ2) is 8.15. The Morgan fingerprint density at radius 1 is 1.11 bits per heavy atom. The summed E-state index contributed by atoms with van der Waals surface area (Å²) >= 11 is 0. The summed E-state index contributed by atoms with van der Waals surface area (Å²) in [4.78, 5) is 0. The Labute approximate surface area is 112 Å². The Bertz CT molecular complexity index is 318. The molecule has 0 aliphatic carbocycles. The van der Waals surface area contributed by atoms with Crippen LogP contribution in [0.5, 0.6) is 5.75 Å². The Morgan fingerprint density at radius 3 is 2.33 bits per heavy atom. The maximum Gasteiger partial charge on any atom is 0.119 e. The minimum Gasteiger partial charge on any atom is -0.493 e. The third kappa shape index (κ3) is 5.54. The minimum atomic E-state index is 0.413. The quantitative estimate of drug-likeness (QED) is 0.698. The average molecular weight is 249 g/mol. The monoisotopic (exact) mass is 249 g/mol. The summed E-state index contributed by atoms with van der Waals surface area (Å²) in [5, 5.41) is 3.53. The highest BCUT2D eigenvalue weighted by molar-refractivity contribution is 5.28. The van der Waals surface area contributed by atoms with Gasteiger partial charge in [-0.15, -0.1) is 0 Å². The second-order valence-electron chi connectivity index (χ2n) is 5.30. The molecule has 0 amide bonds. The van der Waals surface area contributed by atoms with Gasteiger partial charge in [-0.1, -0.05) is 39.3 Å². The van der Waals surface area contributed by atoms with Gasteiger partial charge in [-0.25, -0.2) is 0 Å². The van der Waals surface area contributed by atoms with Crippen molar-refractivity contribution in [1.29, 1.82) is 0 Å². The molecule has 1 atom stereocenters. The summed E-state index contributed by atoms with van der Waals surface area (Å²) in [6, 6.07) is 8.85. The molecule has 0 fully saturated rings. The summed E-state index contributed by atoms with van der Waals surface area (Å²) < 4.78 is 5.68. The van der Waals surface area contributed by atoms with Gasteiger partial charge in [-0.3, -0.25) is 0 Å². The molecule has 1 N–H and O–H groups in total. The van der Waals surface area contributed by atoms with E-state index < -0.39 is 0 Å². The van der Waals surface area contributed by atoms with Crippen LogP contribution in [0.25, 0.3) is 0 Å². The van der Waals surface area contributed by atoms with Crippen molar-refractivity contribution in [2.24, 2.45) is 5.92 Å². The molecule has 102 valence electrons. The molecule has 0 saturated heterocycles. The summed E-state index contributed by atoms with van der Waals surface area (Å²) in [5.74, 6) is 1.53. The number of ether oxygens (including phenoxy) is 1. The fraction of sp³-hybridized carbons (Fsp3) is 0.625. The first-order valence-electron chi connectivity index (χ1n) is 7.09. The SMILES string of the molecule is CCCCN[C@H](C)c1ccc(OCC(C)C)cc1. The molecule has 0 aliphatic heterocycles. The van der Waals surface area contributed by atoms with Crippen molar-refractivity contribution in [3.05, 3.63) is 29.8 Å². The van der Waals surface area contributed by atoms with Gasteiger partial charge in [0.1, 0.15) is 5.75 Å². The van der Waals surface area contributed by atoms with Crippen LogP contribution in [-0.4, -0.2) is 13.2 Å². The van der Waals surface area contributed by atoms with E-state index in [1.807, 2.05) is 0 Å². The van der Waals surface area contributed by atoms with Crippen LogP contribution in [0.3, 0.4) is 0 Å². The zero-order valence-electron chi connectivity index (χ0n) is 12.2. The first-order valence-corrected chi connectivity index (χ1v) is 7.09. The zero-order valence-corrected chi connectivity index (χ0v) is 12.2. The molecule has 0 saturated carbocycles. The molecular formula is C16H27NO. The number of unbranched alkanes of at least 4 members (excludes halogenated alkanes) is 1. The average Bonchev–Trinajstić information content (AvgIpc) is 2.37. The van der Waals surface area contributed by atoms with Gasteiger partial charge in [0, 0.05) is 6.04 Å². The molecule has 1 aromatic carbocycles. The van der Waals surface area contributed by atoms with Crippen LogP contribution in [0, 0.1) is 5.92 Å². The fourth-order valence-corrected chi connectivity index (χ4v) is 1.73. The van der Waals surface area contributed by atoms with Crippen LogP contribution in [0.1, 0.15) is 52.1 Å². The van der Waals surface area contributed by atoms with Crippen LogP contribution < -0.4 is 10.1 Å². The van der Waals surface area contributed by atoms with Crippen molar-refractivity contribution in [2.45, 2.75) is 46.6 Å². The van der Waals surface area contributed by atoms with E-state index in [0.29, 0.717) is 12.0 Å². The van der Waals surface area contributed by atoms with Gasteiger partial charge in [0.25, 0.3) is 0 Å². The van der Waals surface area contributed by atoms with Gasteiger partial charge >= 0.3 is 0 Å². The lowest BCUT2D eigenvalue weighted by molar-refractivity contribution is 0.271. The molecule has 18 heavy (non-hydrogen) atoms. The highest BCUT2D eigenvalue weighted by atomic mass is 16.5. The normalized spacial score (nSPS) is 12.7. The summed E-state index contributed by atoms with van der Waals surface area (Å²) in [6.07, 6.45) is 2.47. The Kier molecular flexibility index (Phi) is 6.81. The maximum absolute atomic E-state index is 5.68. The summed E-state index contributed by atoms with van der Waals surface area (Å²) in [5.41, 5.74) is 1.32. The number of hydrogen-bond acceptors (Lipinski definition) is 2. The van der Waals surface area contributed by atoms with E-state index >= 15 is 0 Å². The van der Waals surface area contributed by atoms with E-state index in [-0.39, 0.29) is 0 Å². The lowest BCUT2D eigenvalue weighted by atomic mass is 10.1. The molecule has 2 heteroatoms. The van der Waals surface area contributed by atoms with Gasteiger partial charge in [0.2, 0.25) is 0 Å². The number of nitrogens with one attached hydrogen (secondary N) is 1. The number of hydrogen-bond donors (Lipinski definition) is 1. The van der Waals surface area contributed by atoms with Crippen LogP contribution >= 0.6 is 0 Å². The standard InChI is InChI=1S/C16H27NO/c1-5-6-11-17-14(4)15-7-9-16(10-8-15)18-12-13(2)3/h7-10,13-14,17H,5-6,11-12H2,1-4H3/t14-/m1/s1. The van der Waals surface area contributed by atoms with E-state index in [1.165, 1.54) is 18.4 Å². The van der Waals surface area contributed by atoms with Gasteiger partial charge in [-0.2, -0.15) is 0 Å². The molecule has 2 nitrogen and oxygen atoms in total. The van der Waals surface area contributed by atoms with Crippen molar-refractivity contribution in [1.82, 2.24) is 5.32 Å². The lowest BCUT2D eigenvalue weighted by Crippen LogP contribution is -2.19. The molecule has 0 aromatic heterocycles. The molecule has 0 bridgehead atoms. The number of rotatable bonds is 8. The predicted octanol–water partition coefficient (Wildman–Crippen LogP) is 4.17. The van der Waals surface area contributed by atoms with Gasteiger partial charge in [-0.05, 0) is 43.5 Å². The first-order chi connectivity index (χ1) is 8.63. The van der Waals surface area contributed by atoms with Crippen LogP contribution in [0.4, 0.5) is 0 Å². The van der Waals surface area contributed by atoms with Crippen LogP contribution in [0.15, 0.2) is 24.3 Å². The molecule has 1 rings (SSSR count). The van der Waals surface area contributed by atoms with Crippen LogP contribution in [0.2, 0.25) is 0 Å². The molecule has 0 radical (unpaired) electrons. The van der Waals surface area contributed by atoms with Crippen LogP contribution in [-0.2, 0) is 0 Å². The van der Waals surface area contributed by atoms with Gasteiger partial charge < -0.3 is 10.1 Å². The van der Waals surface area contributed by atoms with Crippen molar-refractivity contribution in [3.63, 3.8) is 0 Å². The summed E-state index contributed by atoms with van der Waals surface area (Å²) in [7, 11) is 0. The van der Waals surface area contributed by atoms with E-state index in [1.54, 1.807) is 0 Å². The zero-order chi connectivity index (χ0) is 13.4. The molecule has 1 aromatic rings. The second-order valence-corrected chi connectivity index (χ2v) is 5.30. The lowest BCUT2D eigenvalue weighted by Gasteiger charge is -2.15. The Hall–Kier alpha value is -1.02. The topological polar surface area (TPSA) is 21.3 Å². The predicted molar refractivity (Wildman–Crippen MR) is 78.1 cm³/mol. The molecular weight excluding hydrogens is 222 g/mol. The van der Waals surface area contributed by atoms with E-state index in [2.05, 4.69) is 57.3 Å². The van der Waals surface area contributed by atoms with E-state index in [0.717, 1.165) is 18.9 Å². The molecule has 0 heterocycles. The van der Waals surface area contributed by atoms with Gasteiger partial charge in [0.15, 0.2) is 0 Å². The number of benzene rings is 1. The van der Waals surface area contributed by atoms with E-state index in [9.17, 15) is 0 Å². The Balaban J connectivity index is 2.43. The summed E-state index contributed by atoms with van der Waals surface area (Å²) in [6.45, 7) is 10.6. The highest BCUT2D eigenvalue weighted by Crippen LogP contribution is 2.18. The Morgan fingerprint density at radius 2 is 1.78 bits per heavy atom. The molecule has 0 unspecified atom stereocenters. The largest absolute Gasteiger partial charge is 0.493 e. The fourth-order valence-electron chi connectivity index (χ4n) is 1.73. The van der Waals surface area contributed by atoms with E-state index in [4.69, 9.17) is 4.74 Å². The maximum atomic E-state index is 5.68. The third-order valence-corrected chi connectivity index (χ3v) is 2.94. The van der Waals surface area contributed by atoms with Gasteiger partial charge in [0.05, 0.1) is 6.61 Å². The minimum absolute atomic E-state index is 0.413. The van der Waals surface area contributed by atoms with Crippen molar-refractivity contribution in [3.8, 4) is 5.75 Å². The van der Waals surface area contributed by atoms with Crippen molar-refractivity contribution in [2.75, 3.05) is 13.2 Å². The third-order valence-electron chi connectivity index (χ3n) is 2.94. The smallest absolute Gasteiger partial charge is 0.119 e. The first kappa shape index (κ1) is 15.0. The van der Waals surface area contributed by atoms with Crippen molar-refractivity contribution < 1.29 is 4.74 Å².